The van der Waals surface area contributed by atoms with Crippen LogP contribution < -0.4 is 4.74 Å². The Bertz CT molecular complexity index is 546. The lowest BCUT2D eigenvalue weighted by molar-refractivity contribution is -0.385. The van der Waals surface area contributed by atoms with Gasteiger partial charge in [-0.15, -0.1) is 0 Å². The summed E-state index contributed by atoms with van der Waals surface area (Å²) in [5.41, 5.74) is -0.632. The van der Waals surface area contributed by atoms with Crippen LogP contribution in [0.5, 0.6) is 5.06 Å². The molecule has 1 aromatic rings. The highest BCUT2D eigenvalue weighted by molar-refractivity contribution is 7.08. The molecular weight excluding hydrogens is 310 g/mol. The fraction of sp³-hybridized carbons (Fsp3) is 0.692. The number of carbonyl (C=O) groups excluding carboxylic acids is 1. The summed E-state index contributed by atoms with van der Waals surface area (Å²) in [5.74, 6) is 0. The normalized spacial score (nSPS) is 16.4. The van der Waals surface area contributed by atoms with Gasteiger partial charge in [-0.1, -0.05) is 0 Å². The zero-order valence-corrected chi connectivity index (χ0v) is 13.6. The Kier molecular flexibility index (Phi) is 4.84. The first kappa shape index (κ1) is 16.5. The van der Waals surface area contributed by atoms with Crippen molar-refractivity contribution in [3.05, 3.63) is 16.3 Å². The molecule has 1 aliphatic rings. The van der Waals surface area contributed by atoms with E-state index in [0.717, 1.165) is 11.5 Å². The van der Waals surface area contributed by atoms with E-state index in [9.17, 15) is 14.9 Å². The predicted octanol–water partition coefficient (Wildman–Crippen LogP) is 2.83. The van der Waals surface area contributed by atoms with Crippen molar-refractivity contribution in [2.45, 2.75) is 45.3 Å². The fourth-order valence-electron chi connectivity index (χ4n) is 2.06. The quantitative estimate of drug-likeness (QED) is 0.625. The molecule has 1 saturated heterocycles. The van der Waals surface area contributed by atoms with Gasteiger partial charge >= 0.3 is 11.8 Å². The second-order valence-corrected chi connectivity index (χ2v) is 6.80. The number of ether oxygens (including phenoxy) is 2. The molecule has 22 heavy (non-hydrogen) atoms. The second kappa shape index (κ2) is 6.47. The van der Waals surface area contributed by atoms with Gasteiger partial charge in [0, 0.05) is 37.5 Å². The summed E-state index contributed by atoms with van der Waals surface area (Å²) in [5, 5.41) is 11.0. The predicted molar refractivity (Wildman–Crippen MR) is 80.2 cm³/mol. The molecule has 0 aliphatic carbocycles. The Morgan fingerprint density at radius 1 is 1.45 bits per heavy atom. The Balaban J connectivity index is 1.86. The number of hydrogen-bond acceptors (Lipinski definition) is 7. The average Bonchev–Trinajstić information content (AvgIpc) is 2.86. The molecule has 0 spiro atoms. The summed E-state index contributed by atoms with van der Waals surface area (Å²) in [4.78, 5) is 23.9. The highest BCUT2D eigenvalue weighted by Gasteiger charge is 2.29. The van der Waals surface area contributed by atoms with E-state index >= 15 is 0 Å². The SMILES string of the molecule is CC(C)(C)OC(=O)N1CCC(Oc2sncc2[N+](=O)[O-])CC1. The average molecular weight is 329 g/mol. The minimum Gasteiger partial charge on any atom is -0.475 e. The van der Waals surface area contributed by atoms with Crippen LogP contribution in [0.4, 0.5) is 10.5 Å². The second-order valence-electron chi connectivity index (χ2n) is 6.04. The van der Waals surface area contributed by atoms with Crippen molar-refractivity contribution in [3.8, 4) is 5.06 Å². The molecule has 1 aromatic heterocycles. The molecule has 1 fully saturated rings. The summed E-state index contributed by atoms with van der Waals surface area (Å²) in [6, 6.07) is 0. The van der Waals surface area contributed by atoms with Gasteiger partial charge in [0.05, 0.1) is 4.92 Å². The van der Waals surface area contributed by atoms with Gasteiger partial charge in [-0.3, -0.25) is 10.1 Å². The third kappa shape index (κ3) is 4.30. The number of carbonyl (C=O) groups is 1. The number of rotatable bonds is 3. The molecule has 8 nitrogen and oxygen atoms in total. The standard InChI is InChI=1S/C13H19N3O5S/c1-13(2,3)21-12(17)15-6-4-9(5-7-15)20-11-10(16(18)19)8-14-22-11/h8-9H,4-7H2,1-3H3. The third-order valence-corrected chi connectivity index (χ3v) is 3.77. The first-order chi connectivity index (χ1) is 10.3. The van der Waals surface area contributed by atoms with Gasteiger partial charge in [0.1, 0.15) is 17.9 Å². The maximum Gasteiger partial charge on any atom is 0.410 e. The van der Waals surface area contributed by atoms with Crippen molar-refractivity contribution >= 4 is 23.3 Å². The first-order valence-electron chi connectivity index (χ1n) is 7.00. The lowest BCUT2D eigenvalue weighted by atomic mass is 10.1. The molecule has 1 aliphatic heterocycles. The third-order valence-electron chi connectivity index (χ3n) is 3.08. The van der Waals surface area contributed by atoms with Crippen molar-refractivity contribution in [1.29, 1.82) is 0 Å². The van der Waals surface area contributed by atoms with Crippen LogP contribution in [-0.2, 0) is 4.74 Å². The maximum absolute atomic E-state index is 11.9. The molecule has 0 saturated carbocycles. The number of likely N-dealkylation sites (tertiary alicyclic amines) is 1. The summed E-state index contributed by atoms with van der Waals surface area (Å²) < 4.78 is 14.8. The molecule has 1 amide bonds. The monoisotopic (exact) mass is 329 g/mol. The number of piperidine rings is 1. The van der Waals surface area contributed by atoms with Crippen LogP contribution in [0.1, 0.15) is 33.6 Å². The zero-order valence-electron chi connectivity index (χ0n) is 12.8. The van der Waals surface area contributed by atoms with Gasteiger partial charge in [0.2, 0.25) is 0 Å². The molecule has 2 rings (SSSR count). The Hall–Kier alpha value is -1.90. The van der Waals surface area contributed by atoms with Gasteiger partial charge < -0.3 is 14.4 Å². The van der Waals surface area contributed by atoms with E-state index in [-0.39, 0.29) is 22.9 Å². The van der Waals surface area contributed by atoms with E-state index in [0.29, 0.717) is 25.9 Å². The number of aromatic nitrogens is 1. The van der Waals surface area contributed by atoms with E-state index in [2.05, 4.69) is 4.37 Å². The maximum atomic E-state index is 11.9. The van der Waals surface area contributed by atoms with Crippen LogP contribution in [0.25, 0.3) is 0 Å². The summed E-state index contributed by atoms with van der Waals surface area (Å²) in [6.07, 6.45) is 1.91. The molecule has 9 heteroatoms. The highest BCUT2D eigenvalue weighted by atomic mass is 32.1. The number of nitrogens with zero attached hydrogens (tertiary/aromatic N) is 3. The van der Waals surface area contributed by atoms with Crippen LogP contribution in [0.2, 0.25) is 0 Å². The molecule has 0 unspecified atom stereocenters. The van der Waals surface area contributed by atoms with Gasteiger partial charge in [-0.25, -0.2) is 4.79 Å². The van der Waals surface area contributed by atoms with E-state index in [1.165, 1.54) is 6.20 Å². The molecule has 0 atom stereocenters. The lowest BCUT2D eigenvalue weighted by Crippen LogP contribution is -2.44. The van der Waals surface area contributed by atoms with E-state index in [1.807, 2.05) is 20.8 Å². The smallest absolute Gasteiger partial charge is 0.410 e. The Morgan fingerprint density at radius 2 is 2.09 bits per heavy atom. The molecular formula is C13H19N3O5S. The molecule has 122 valence electrons. The number of hydrogen-bond donors (Lipinski definition) is 0. The lowest BCUT2D eigenvalue weighted by Gasteiger charge is -2.33. The van der Waals surface area contributed by atoms with Crippen molar-refractivity contribution < 1.29 is 19.2 Å². The largest absolute Gasteiger partial charge is 0.475 e. The van der Waals surface area contributed by atoms with E-state index < -0.39 is 10.5 Å². The Labute approximate surface area is 132 Å². The zero-order chi connectivity index (χ0) is 16.3. The van der Waals surface area contributed by atoms with Crippen molar-refractivity contribution in [3.63, 3.8) is 0 Å². The van der Waals surface area contributed by atoms with Crippen LogP contribution in [0, 0.1) is 10.1 Å². The molecule has 0 radical (unpaired) electrons. The first-order valence-corrected chi connectivity index (χ1v) is 7.77. The minimum absolute atomic E-state index is 0.112. The van der Waals surface area contributed by atoms with Crippen LogP contribution in [0.3, 0.4) is 0 Å². The van der Waals surface area contributed by atoms with Crippen molar-refractivity contribution in [2.75, 3.05) is 13.1 Å². The topological polar surface area (TPSA) is 94.8 Å². The van der Waals surface area contributed by atoms with Crippen molar-refractivity contribution in [2.24, 2.45) is 0 Å². The van der Waals surface area contributed by atoms with E-state index in [1.54, 1.807) is 4.90 Å². The molecule has 0 N–H and O–H groups in total. The van der Waals surface area contributed by atoms with Crippen LogP contribution in [-0.4, -0.2) is 45.1 Å². The van der Waals surface area contributed by atoms with Crippen molar-refractivity contribution in [1.82, 2.24) is 9.27 Å². The fourth-order valence-corrected chi connectivity index (χ4v) is 2.71. The summed E-state index contributed by atoms with van der Waals surface area (Å²) >= 11 is 0.967. The van der Waals surface area contributed by atoms with Gasteiger partial charge in [0.25, 0.3) is 5.06 Å². The minimum atomic E-state index is -0.520. The highest BCUT2D eigenvalue weighted by Crippen LogP contribution is 2.33. The van der Waals surface area contributed by atoms with Gasteiger partial charge in [-0.05, 0) is 20.8 Å². The van der Waals surface area contributed by atoms with Gasteiger partial charge in [0.15, 0.2) is 0 Å². The van der Waals surface area contributed by atoms with E-state index in [4.69, 9.17) is 9.47 Å². The number of amides is 1. The summed E-state index contributed by atoms with van der Waals surface area (Å²) in [7, 11) is 0. The summed E-state index contributed by atoms with van der Waals surface area (Å²) in [6.45, 7) is 6.48. The number of nitro groups is 1. The van der Waals surface area contributed by atoms with Gasteiger partial charge in [-0.2, -0.15) is 4.37 Å². The van der Waals surface area contributed by atoms with Crippen LogP contribution in [0.15, 0.2) is 6.20 Å². The Morgan fingerprint density at radius 3 is 2.64 bits per heavy atom. The molecule has 0 bridgehead atoms. The molecule has 2 heterocycles. The van der Waals surface area contributed by atoms with Crippen LogP contribution >= 0.6 is 11.5 Å². The molecule has 0 aromatic carbocycles.